The zero-order valence-corrected chi connectivity index (χ0v) is 15.0. The maximum absolute atomic E-state index is 11.4. The first-order valence-corrected chi connectivity index (χ1v) is 8.87. The number of aromatic carboxylic acids is 1. The summed E-state index contributed by atoms with van der Waals surface area (Å²) in [4.78, 5) is 22.8. The Labute approximate surface area is 157 Å². The molecule has 6 nitrogen and oxygen atoms in total. The summed E-state index contributed by atoms with van der Waals surface area (Å²) in [6, 6.07) is 17.1. The van der Waals surface area contributed by atoms with Crippen molar-refractivity contribution in [2.45, 2.75) is 19.9 Å². The molecule has 4 rings (SSSR count). The monoisotopic (exact) mass is 360 g/mol. The molecule has 0 bridgehead atoms. The zero-order valence-electron chi connectivity index (χ0n) is 15.0. The molecule has 0 radical (unpaired) electrons. The van der Waals surface area contributed by atoms with Gasteiger partial charge in [-0.3, -0.25) is 0 Å². The molecule has 0 atom stereocenters. The van der Waals surface area contributed by atoms with E-state index in [9.17, 15) is 9.90 Å². The minimum atomic E-state index is -0.975. The summed E-state index contributed by atoms with van der Waals surface area (Å²) in [7, 11) is 0. The van der Waals surface area contributed by atoms with Gasteiger partial charge in [-0.05, 0) is 36.6 Å². The average molecular weight is 360 g/mol. The number of aryl methyl sites for hydroxylation is 1. The Kier molecular flexibility index (Phi) is 4.46. The second-order valence-corrected chi connectivity index (χ2v) is 6.61. The number of anilines is 3. The highest BCUT2D eigenvalue weighted by atomic mass is 16.4. The predicted molar refractivity (Wildman–Crippen MR) is 105 cm³/mol. The third-order valence-corrected chi connectivity index (χ3v) is 4.68. The number of benzene rings is 2. The zero-order chi connectivity index (χ0) is 18.8. The molecule has 0 saturated carbocycles. The van der Waals surface area contributed by atoms with Crippen LogP contribution in [-0.2, 0) is 13.0 Å². The number of aromatic nitrogens is 2. The highest BCUT2D eigenvalue weighted by Crippen LogP contribution is 2.25. The molecule has 0 fully saturated rings. The van der Waals surface area contributed by atoms with E-state index in [1.54, 1.807) is 24.3 Å². The quantitative estimate of drug-likeness (QED) is 0.737. The van der Waals surface area contributed by atoms with Gasteiger partial charge in [-0.25, -0.2) is 9.78 Å². The van der Waals surface area contributed by atoms with Gasteiger partial charge in [-0.2, -0.15) is 4.98 Å². The van der Waals surface area contributed by atoms with Crippen LogP contribution in [0.5, 0.6) is 0 Å². The summed E-state index contributed by atoms with van der Waals surface area (Å²) in [5, 5.41) is 12.5. The van der Waals surface area contributed by atoms with Gasteiger partial charge in [-0.15, -0.1) is 0 Å². The number of carboxylic acid groups (broad SMARTS) is 1. The van der Waals surface area contributed by atoms with Crippen LogP contribution in [0.4, 0.5) is 17.5 Å². The van der Waals surface area contributed by atoms with Crippen LogP contribution in [0.25, 0.3) is 0 Å². The van der Waals surface area contributed by atoms with Crippen LogP contribution in [0.3, 0.4) is 0 Å². The number of nitrogens with one attached hydrogen (secondary N) is 1. The average Bonchev–Trinajstić information content (AvgIpc) is 2.67. The molecule has 0 aliphatic carbocycles. The van der Waals surface area contributed by atoms with Crippen LogP contribution in [0, 0.1) is 6.92 Å². The fourth-order valence-electron chi connectivity index (χ4n) is 3.34. The second kappa shape index (κ2) is 7.07. The van der Waals surface area contributed by atoms with Crippen LogP contribution in [0.1, 0.15) is 27.2 Å². The number of fused-ring (bicyclic) bond motifs is 1. The Hall–Kier alpha value is -3.41. The van der Waals surface area contributed by atoms with Crippen LogP contribution < -0.4 is 10.2 Å². The van der Waals surface area contributed by atoms with Gasteiger partial charge in [0.25, 0.3) is 0 Å². The van der Waals surface area contributed by atoms with Crippen LogP contribution >= 0.6 is 0 Å². The first kappa shape index (κ1) is 17.0. The Morgan fingerprint density at radius 1 is 1.07 bits per heavy atom. The second-order valence-electron chi connectivity index (χ2n) is 6.61. The highest BCUT2D eigenvalue weighted by molar-refractivity contribution is 5.95. The molecule has 0 amide bonds. The third-order valence-electron chi connectivity index (χ3n) is 4.68. The molecule has 0 saturated heterocycles. The summed E-state index contributed by atoms with van der Waals surface area (Å²) in [5.41, 5.74) is 4.21. The Balaban J connectivity index is 1.62. The Morgan fingerprint density at radius 3 is 2.63 bits per heavy atom. The van der Waals surface area contributed by atoms with Gasteiger partial charge in [0.05, 0.1) is 11.3 Å². The van der Waals surface area contributed by atoms with Gasteiger partial charge in [0.15, 0.2) is 0 Å². The summed E-state index contributed by atoms with van der Waals surface area (Å²) in [6.45, 7) is 3.54. The molecule has 1 aliphatic heterocycles. The van der Waals surface area contributed by atoms with Crippen molar-refractivity contribution in [3.63, 3.8) is 0 Å². The number of carbonyl (C=O) groups is 1. The molecule has 6 heteroatoms. The van der Waals surface area contributed by atoms with E-state index in [-0.39, 0.29) is 5.56 Å². The van der Waals surface area contributed by atoms with E-state index in [1.807, 2.05) is 13.0 Å². The van der Waals surface area contributed by atoms with Crippen molar-refractivity contribution in [2.24, 2.45) is 0 Å². The van der Waals surface area contributed by atoms with Crippen molar-refractivity contribution in [2.75, 3.05) is 16.8 Å². The van der Waals surface area contributed by atoms with Crippen LogP contribution in [-0.4, -0.2) is 27.6 Å². The van der Waals surface area contributed by atoms with Gasteiger partial charge >= 0.3 is 5.97 Å². The van der Waals surface area contributed by atoms with Gasteiger partial charge in [0, 0.05) is 24.8 Å². The first-order chi connectivity index (χ1) is 13.1. The van der Waals surface area contributed by atoms with Crippen molar-refractivity contribution >= 4 is 23.4 Å². The molecule has 0 spiro atoms. The summed E-state index contributed by atoms with van der Waals surface area (Å²) in [6.07, 6.45) is 0.956. The predicted octanol–water partition coefficient (Wildman–Crippen LogP) is 3.79. The molecule has 1 aromatic heterocycles. The molecule has 2 heterocycles. The van der Waals surface area contributed by atoms with Crippen LogP contribution in [0.2, 0.25) is 0 Å². The standard InChI is InChI=1S/C21H20N4O2/c1-14-12-19(23-18-9-5-4-8-17(18)20(26)27)24-21(22-14)25-11-10-15-6-2-3-7-16(15)13-25/h2-9,12H,10-11,13H2,1H3,(H,26,27)(H,22,23,24). The van der Waals surface area contributed by atoms with E-state index in [1.165, 1.54) is 11.1 Å². The minimum absolute atomic E-state index is 0.210. The normalized spacial score (nSPS) is 13.1. The summed E-state index contributed by atoms with van der Waals surface area (Å²) >= 11 is 0. The lowest BCUT2D eigenvalue weighted by atomic mass is 10.0. The van der Waals surface area contributed by atoms with Crippen LogP contribution in [0.15, 0.2) is 54.6 Å². The van der Waals surface area contributed by atoms with Crippen molar-refractivity contribution in [1.82, 2.24) is 9.97 Å². The molecular formula is C21H20N4O2. The number of hydrogen-bond acceptors (Lipinski definition) is 5. The Bertz CT molecular complexity index is 1000. The molecular weight excluding hydrogens is 340 g/mol. The lowest BCUT2D eigenvalue weighted by Crippen LogP contribution is -2.32. The first-order valence-electron chi connectivity index (χ1n) is 8.87. The van der Waals surface area contributed by atoms with E-state index in [0.29, 0.717) is 17.5 Å². The van der Waals surface area contributed by atoms with E-state index < -0.39 is 5.97 Å². The molecule has 3 aromatic rings. The summed E-state index contributed by atoms with van der Waals surface area (Å²) < 4.78 is 0. The lowest BCUT2D eigenvalue weighted by molar-refractivity contribution is 0.0698. The molecule has 0 unspecified atom stereocenters. The van der Waals surface area contributed by atoms with E-state index >= 15 is 0 Å². The van der Waals surface area contributed by atoms with Gasteiger partial charge in [0.1, 0.15) is 5.82 Å². The molecule has 2 aromatic carbocycles. The number of rotatable bonds is 4. The third kappa shape index (κ3) is 3.60. The van der Waals surface area contributed by atoms with Crippen molar-refractivity contribution in [3.05, 3.63) is 77.0 Å². The maximum atomic E-state index is 11.4. The minimum Gasteiger partial charge on any atom is -0.478 e. The molecule has 2 N–H and O–H groups in total. The maximum Gasteiger partial charge on any atom is 0.337 e. The van der Waals surface area contributed by atoms with E-state index in [4.69, 9.17) is 0 Å². The van der Waals surface area contributed by atoms with Gasteiger partial charge in [0.2, 0.25) is 5.95 Å². The molecule has 1 aliphatic rings. The van der Waals surface area contributed by atoms with Crippen molar-refractivity contribution < 1.29 is 9.90 Å². The van der Waals surface area contributed by atoms with Gasteiger partial charge in [-0.1, -0.05) is 36.4 Å². The van der Waals surface area contributed by atoms with Crippen molar-refractivity contribution in [3.8, 4) is 0 Å². The smallest absolute Gasteiger partial charge is 0.337 e. The van der Waals surface area contributed by atoms with E-state index in [2.05, 4.69) is 44.5 Å². The van der Waals surface area contributed by atoms with Gasteiger partial charge < -0.3 is 15.3 Å². The fraction of sp³-hybridized carbons (Fsp3) is 0.190. The lowest BCUT2D eigenvalue weighted by Gasteiger charge is -2.29. The largest absolute Gasteiger partial charge is 0.478 e. The number of nitrogens with zero attached hydrogens (tertiary/aromatic N) is 3. The number of para-hydroxylation sites is 1. The number of carboxylic acids is 1. The molecule has 136 valence electrons. The summed E-state index contributed by atoms with van der Waals surface area (Å²) in [5.74, 6) is 0.265. The molecule has 27 heavy (non-hydrogen) atoms. The SMILES string of the molecule is Cc1cc(Nc2ccccc2C(=O)O)nc(N2CCc3ccccc3C2)n1. The topological polar surface area (TPSA) is 78.3 Å². The number of hydrogen-bond donors (Lipinski definition) is 2. The Morgan fingerprint density at radius 2 is 1.81 bits per heavy atom. The fourth-order valence-corrected chi connectivity index (χ4v) is 3.34. The highest BCUT2D eigenvalue weighted by Gasteiger charge is 2.19. The van der Waals surface area contributed by atoms with E-state index in [0.717, 1.165) is 25.2 Å². The van der Waals surface area contributed by atoms with Crippen molar-refractivity contribution in [1.29, 1.82) is 0 Å².